The fraction of sp³-hybridized carbons (Fsp3) is 0.438. The number of fused-ring (bicyclic) bond motifs is 1. The third-order valence-corrected chi connectivity index (χ3v) is 3.77. The first kappa shape index (κ1) is 15.0. The van der Waals surface area contributed by atoms with E-state index in [2.05, 4.69) is 0 Å². The molecule has 0 saturated carbocycles. The summed E-state index contributed by atoms with van der Waals surface area (Å²) in [5.41, 5.74) is 1.82. The van der Waals surface area contributed by atoms with Crippen molar-refractivity contribution in [2.75, 3.05) is 26.7 Å². The van der Waals surface area contributed by atoms with E-state index >= 15 is 0 Å². The molecule has 2 amide bonds. The van der Waals surface area contributed by atoms with E-state index in [-0.39, 0.29) is 11.8 Å². The summed E-state index contributed by atoms with van der Waals surface area (Å²) in [5, 5.41) is 8.52. The topological polar surface area (TPSA) is 64.4 Å². The SMILES string of the molecule is CN(CCC#N)C(=O)CCN1CCc2ccccc2C1=O. The number of carbonyl (C=O) groups excluding carboxylic acids is 2. The third kappa shape index (κ3) is 3.60. The molecule has 0 aromatic heterocycles. The van der Waals surface area contributed by atoms with Crippen LogP contribution in [0.15, 0.2) is 24.3 Å². The Balaban J connectivity index is 1.89. The minimum absolute atomic E-state index is 0.00401. The third-order valence-electron chi connectivity index (χ3n) is 3.77. The number of amides is 2. The second-order valence-electron chi connectivity index (χ2n) is 5.17. The van der Waals surface area contributed by atoms with Crippen LogP contribution in [0, 0.1) is 11.3 Å². The summed E-state index contributed by atoms with van der Waals surface area (Å²) < 4.78 is 0. The van der Waals surface area contributed by atoms with Gasteiger partial charge in [0.25, 0.3) is 5.91 Å². The molecule has 0 fully saturated rings. The van der Waals surface area contributed by atoms with Crippen molar-refractivity contribution in [1.82, 2.24) is 9.80 Å². The van der Waals surface area contributed by atoms with Crippen LogP contribution in [-0.2, 0) is 11.2 Å². The Morgan fingerprint density at radius 3 is 2.95 bits per heavy atom. The van der Waals surface area contributed by atoms with Crippen molar-refractivity contribution in [2.24, 2.45) is 0 Å². The number of nitriles is 1. The molecule has 0 spiro atoms. The molecule has 0 aliphatic carbocycles. The van der Waals surface area contributed by atoms with Gasteiger partial charge < -0.3 is 9.80 Å². The first-order chi connectivity index (χ1) is 10.1. The van der Waals surface area contributed by atoms with Gasteiger partial charge in [0.2, 0.25) is 5.91 Å². The van der Waals surface area contributed by atoms with Gasteiger partial charge in [0, 0.05) is 38.7 Å². The Bertz CT molecular complexity index is 577. The summed E-state index contributed by atoms with van der Waals surface area (Å²) in [6.45, 7) is 1.53. The Morgan fingerprint density at radius 2 is 2.19 bits per heavy atom. The average Bonchev–Trinajstić information content (AvgIpc) is 2.52. The van der Waals surface area contributed by atoms with Crippen LogP contribution in [0.25, 0.3) is 0 Å². The van der Waals surface area contributed by atoms with E-state index in [1.165, 1.54) is 0 Å². The number of rotatable bonds is 5. The van der Waals surface area contributed by atoms with E-state index in [1.807, 2.05) is 30.3 Å². The smallest absolute Gasteiger partial charge is 0.254 e. The molecule has 0 bridgehead atoms. The summed E-state index contributed by atoms with van der Waals surface area (Å²) >= 11 is 0. The second kappa shape index (κ2) is 6.89. The molecule has 21 heavy (non-hydrogen) atoms. The molecule has 110 valence electrons. The Labute approximate surface area is 124 Å². The number of hydrogen-bond acceptors (Lipinski definition) is 3. The highest BCUT2D eigenvalue weighted by Gasteiger charge is 2.24. The largest absolute Gasteiger partial charge is 0.345 e. The molecule has 5 heteroatoms. The summed E-state index contributed by atoms with van der Waals surface area (Å²) in [6, 6.07) is 9.64. The van der Waals surface area contributed by atoms with Crippen LogP contribution in [0.5, 0.6) is 0 Å². The van der Waals surface area contributed by atoms with E-state index in [9.17, 15) is 9.59 Å². The van der Waals surface area contributed by atoms with Crippen molar-refractivity contribution in [1.29, 1.82) is 5.26 Å². The Morgan fingerprint density at radius 1 is 1.43 bits per heavy atom. The molecule has 0 saturated heterocycles. The maximum atomic E-state index is 12.3. The first-order valence-electron chi connectivity index (χ1n) is 7.11. The van der Waals surface area contributed by atoms with Crippen LogP contribution in [-0.4, -0.2) is 48.3 Å². The zero-order valence-corrected chi connectivity index (χ0v) is 12.2. The first-order valence-corrected chi connectivity index (χ1v) is 7.11. The fourth-order valence-electron chi connectivity index (χ4n) is 2.45. The van der Waals surface area contributed by atoms with Crippen LogP contribution in [0.4, 0.5) is 0 Å². The second-order valence-corrected chi connectivity index (χ2v) is 5.17. The van der Waals surface area contributed by atoms with Gasteiger partial charge in [-0.05, 0) is 18.1 Å². The zero-order chi connectivity index (χ0) is 15.2. The van der Waals surface area contributed by atoms with Crippen LogP contribution < -0.4 is 0 Å². The normalized spacial score (nSPS) is 13.5. The van der Waals surface area contributed by atoms with Crippen LogP contribution >= 0.6 is 0 Å². The van der Waals surface area contributed by atoms with Gasteiger partial charge in [-0.3, -0.25) is 9.59 Å². The average molecular weight is 285 g/mol. The van der Waals surface area contributed by atoms with Crippen molar-refractivity contribution in [3.63, 3.8) is 0 Å². The quantitative estimate of drug-likeness (QED) is 0.822. The molecule has 0 N–H and O–H groups in total. The van der Waals surface area contributed by atoms with Gasteiger partial charge in [0.15, 0.2) is 0 Å². The summed E-state index contributed by atoms with van der Waals surface area (Å²) in [7, 11) is 1.69. The van der Waals surface area contributed by atoms with E-state index in [1.54, 1.807) is 16.8 Å². The lowest BCUT2D eigenvalue weighted by Crippen LogP contribution is -2.40. The Kier molecular flexibility index (Phi) is 4.94. The monoisotopic (exact) mass is 285 g/mol. The van der Waals surface area contributed by atoms with E-state index in [0.29, 0.717) is 32.5 Å². The van der Waals surface area contributed by atoms with E-state index in [4.69, 9.17) is 5.26 Å². The molecule has 1 aromatic carbocycles. The highest BCUT2D eigenvalue weighted by Crippen LogP contribution is 2.18. The molecule has 2 rings (SSSR count). The van der Waals surface area contributed by atoms with Gasteiger partial charge in [-0.15, -0.1) is 0 Å². The minimum atomic E-state index is -0.0306. The van der Waals surface area contributed by atoms with Gasteiger partial charge in [0.05, 0.1) is 12.5 Å². The molecule has 1 heterocycles. The molecule has 5 nitrogen and oxygen atoms in total. The molecule has 1 aromatic rings. The van der Waals surface area contributed by atoms with E-state index < -0.39 is 0 Å². The summed E-state index contributed by atoms with van der Waals surface area (Å²) in [5.74, 6) is -0.0266. The van der Waals surface area contributed by atoms with Gasteiger partial charge in [-0.25, -0.2) is 0 Å². The van der Waals surface area contributed by atoms with Crippen molar-refractivity contribution in [3.8, 4) is 6.07 Å². The lowest BCUT2D eigenvalue weighted by Gasteiger charge is -2.29. The van der Waals surface area contributed by atoms with Crippen molar-refractivity contribution >= 4 is 11.8 Å². The molecule has 0 radical (unpaired) electrons. The fourth-order valence-corrected chi connectivity index (χ4v) is 2.45. The van der Waals surface area contributed by atoms with Gasteiger partial charge in [-0.1, -0.05) is 18.2 Å². The number of benzene rings is 1. The molecular formula is C16H19N3O2. The maximum absolute atomic E-state index is 12.3. The highest BCUT2D eigenvalue weighted by molar-refractivity contribution is 5.96. The standard InChI is InChI=1S/C16H19N3O2/c1-18(10-4-9-17)15(20)8-12-19-11-7-13-5-2-3-6-14(13)16(19)21/h2-3,5-6H,4,7-8,10-12H2,1H3. The predicted molar refractivity (Wildman–Crippen MR) is 78.5 cm³/mol. The van der Waals surface area contributed by atoms with E-state index in [0.717, 1.165) is 17.5 Å². The number of nitrogens with zero attached hydrogens (tertiary/aromatic N) is 3. The van der Waals surface area contributed by atoms with Crippen molar-refractivity contribution < 1.29 is 9.59 Å². The minimum Gasteiger partial charge on any atom is -0.345 e. The van der Waals surface area contributed by atoms with Gasteiger partial charge >= 0.3 is 0 Å². The summed E-state index contributed by atoms with van der Waals surface area (Å²) in [4.78, 5) is 27.5. The van der Waals surface area contributed by atoms with Crippen LogP contribution in [0.1, 0.15) is 28.8 Å². The molecule has 1 aliphatic heterocycles. The molecule has 1 aliphatic rings. The Hall–Kier alpha value is -2.35. The number of carbonyl (C=O) groups is 2. The summed E-state index contributed by atoms with van der Waals surface area (Å²) in [6.07, 6.45) is 1.47. The lowest BCUT2D eigenvalue weighted by molar-refractivity contribution is -0.130. The van der Waals surface area contributed by atoms with Gasteiger partial charge in [-0.2, -0.15) is 5.26 Å². The van der Waals surface area contributed by atoms with Gasteiger partial charge in [0.1, 0.15) is 0 Å². The zero-order valence-electron chi connectivity index (χ0n) is 12.2. The highest BCUT2D eigenvalue weighted by atomic mass is 16.2. The van der Waals surface area contributed by atoms with Crippen LogP contribution in [0.2, 0.25) is 0 Å². The molecular weight excluding hydrogens is 266 g/mol. The van der Waals surface area contributed by atoms with Crippen molar-refractivity contribution in [3.05, 3.63) is 35.4 Å². The van der Waals surface area contributed by atoms with Crippen LogP contribution in [0.3, 0.4) is 0 Å². The molecule has 0 atom stereocenters. The van der Waals surface area contributed by atoms with Crippen molar-refractivity contribution in [2.45, 2.75) is 19.3 Å². The number of hydrogen-bond donors (Lipinski definition) is 0. The molecule has 0 unspecified atom stereocenters. The predicted octanol–water partition coefficient (Wildman–Crippen LogP) is 1.45. The lowest BCUT2D eigenvalue weighted by atomic mass is 9.99. The maximum Gasteiger partial charge on any atom is 0.254 e.